The summed E-state index contributed by atoms with van der Waals surface area (Å²) in [5, 5.41) is 12.3. The summed E-state index contributed by atoms with van der Waals surface area (Å²) >= 11 is 0. The molecule has 4 aromatic rings. The maximum absolute atomic E-state index is 12.9. The molecule has 0 aliphatic rings. The van der Waals surface area contributed by atoms with E-state index in [2.05, 4.69) is 26.3 Å². The summed E-state index contributed by atoms with van der Waals surface area (Å²) in [6.45, 7) is 5.57. The largest absolute Gasteiger partial charge is 0.384 e. The average Bonchev–Trinajstić information content (AvgIpc) is 2.85. The number of nitrogens with two attached hydrogens (primary N) is 1. The van der Waals surface area contributed by atoms with Crippen LogP contribution >= 0.6 is 0 Å². The Morgan fingerprint density at radius 1 is 1.00 bits per heavy atom. The highest BCUT2D eigenvalue weighted by molar-refractivity contribution is 6.04. The number of rotatable bonds is 5. The van der Waals surface area contributed by atoms with Crippen LogP contribution in [0.3, 0.4) is 0 Å². The van der Waals surface area contributed by atoms with Gasteiger partial charge in [-0.25, -0.2) is 9.97 Å². The third-order valence-electron chi connectivity index (χ3n) is 5.59. The SMILES string of the molecule is Cc1ccc(NC(=O)c2ccnc(C(C)(C)C#N)c2)cc1-c1cccc(-c2cc(N)ncn2)c1. The minimum atomic E-state index is -0.785. The van der Waals surface area contributed by atoms with Crippen molar-refractivity contribution in [3.05, 3.63) is 90.0 Å². The Morgan fingerprint density at radius 3 is 2.56 bits per heavy atom. The van der Waals surface area contributed by atoms with E-state index in [1.54, 1.807) is 38.2 Å². The minimum absolute atomic E-state index is 0.266. The Bertz CT molecular complexity index is 1420. The number of hydrogen-bond acceptors (Lipinski definition) is 6. The molecule has 0 bridgehead atoms. The van der Waals surface area contributed by atoms with Crippen LogP contribution in [-0.2, 0) is 5.41 Å². The van der Waals surface area contributed by atoms with E-state index in [0.29, 0.717) is 22.8 Å². The molecule has 2 aromatic carbocycles. The van der Waals surface area contributed by atoms with Crippen molar-refractivity contribution in [3.63, 3.8) is 0 Å². The van der Waals surface area contributed by atoms with Gasteiger partial charge in [-0.05, 0) is 67.8 Å². The first kappa shape index (κ1) is 22.6. The van der Waals surface area contributed by atoms with Crippen molar-refractivity contribution in [2.24, 2.45) is 0 Å². The van der Waals surface area contributed by atoms with Crippen LogP contribution in [0.5, 0.6) is 0 Å². The number of pyridine rings is 1. The molecule has 2 aromatic heterocycles. The molecule has 3 N–H and O–H groups in total. The molecule has 1 amide bonds. The number of hydrogen-bond donors (Lipinski definition) is 2. The number of aromatic nitrogens is 3. The van der Waals surface area contributed by atoms with Crippen molar-refractivity contribution in [1.29, 1.82) is 5.26 Å². The van der Waals surface area contributed by atoms with Gasteiger partial charge in [0.1, 0.15) is 12.1 Å². The molecule has 0 aliphatic carbocycles. The molecule has 2 heterocycles. The van der Waals surface area contributed by atoms with Crippen LogP contribution in [0.4, 0.5) is 11.5 Å². The van der Waals surface area contributed by atoms with Gasteiger partial charge in [0.2, 0.25) is 0 Å². The lowest BCUT2D eigenvalue weighted by Crippen LogP contribution is -2.18. The van der Waals surface area contributed by atoms with Crippen LogP contribution in [0, 0.1) is 18.3 Å². The lowest BCUT2D eigenvalue weighted by atomic mass is 9.90. The Balaban J connectivity index is 1.63. The summed E-state index contributed by atoms with van der Waals surface area (Å²) in [5.41, 5.74) is 11.4. The number of benzene rings is 2. The van der Waals surface area contributed by atoms with E-state index in [1.165, 1.54) is 6.33 Å². The Kier molecular flexibility index (Phi) is 6.07. The van der Waals surface area contributed by atoms with Gasteiger partial charge in [-0.1, -0.05) is 24.3 Å². The number of nitrogens with one attached hydrogen (secondary N) is 1. The number of nitrogens with zero attached hydrogens (tertiary/aromatic N) is 4. The second kappa shape index (κ2) is 9.12. The van der Waals surface area contributed by atoms with Gasteiger partial charge in [0.25, 0.3) is 5.91 Å². The molecule has 7 nitrogen and oxygen atoms in total. The number of carbonyl (C=O) groups is 1. The first-order valence-corrected chi connectivity index (χ1v) is 10.7. The summed E-state index contributed by atoms with van der Waals surface area (Å²) in [7, 11) is 0. The van der Waals surface area contributed by atoms with E-state index in [4.69, 9.17) is 5.73 Å². The number of nitriles is 1. The molecule has 168 valence electrons. The van der Waals surface area contributed by atoms with E-state index in [1.807, 2.05) is 49.4 Å². The Morgan fingerprint density at radius 2 is 1.79 bits per heavy atom. The van der Waals surface area contributed by atoms with Crippen LogP contribution in [0.25, 0.3) is 22.4 Å². The molecule has 0 atom stereocenters. The second-order valence-corrected chi connectivity index (χ2v) is 8.56. The predicted octanol–water partition coefficient (Wildman–Crippen LogP) is 5.15. The second-order valence-electron chi connectivity index (χ2n) is 8.56. The summed E-state index contributed by atoms with van der Waals surface area (Å²) < 4.78 is 0. The van der Waals surface area contributed by atoms with Gasteiger partial charge in [-0.3, -0.25) is 9.78 Å². The quantitative estimate of drug-likeness (QED) is 0.436. The zero-order chi connectivity index (χ0) is 24.3. The van der Waals surface area contributed by atoms with Crippen LogP contribution in [-0.4, -0.2) is 20.9 Å². The van der Waals surface area contributed by atoms with E-state index in [-0.39, 0.29) is 5.91 Å². The minimum Gasteiger partial charge on any atom is -0.384 e. The molecule has 0 saturated carbocycles. The van der Waals surface area contributed by atoms with Gasteiger partial charge in [-0.15, -0.1) is 0 Å². The van der Waals surface area contributed by atoms with E-state index in [0.717, 1.165) is 27.9 Å². The van der Waals surface area contributed by atoms with E-state index >= 15 is 0 Å². The molecule has 0 spiro atoms. The van der Waals surface area contributed by atoms with Crippen LogP contribution < -0.4 is 11.1 Å². The Hall–Kier alpha value is -4.57. The van der Waals surface area contributed by atoms with Gasteiger partial charge >= 0.3 is 0 Å². The summed E-state index contributed by atoms with van der Waals surface area (Å²) in [4.78, 5) is 25.5. The number of nitrogen functional groups attached to an aromatic ring is 1. The fourth-order valence-electron chi connectivity index (χ4n) is 3.56. The predicted molar refractivity (Wildman–Crippen MR) is 133 cm³/mol. The van der Waals surface area contributed by atoms with Crippen LogP contribution in [0.1, 0.15) is 35.5 Å². The van der Waals surface area contributed by atoms with Gasteiger partial charge in [0.15, 0.2) is 0 Å². The molecule has 34 heavy (non-hydrogen) atoms. The number of aryl methyl sites for hydroxylation is 1. The van der Waals surface area contributed by atoms with Gasteiger partial charge < -0.3 is 11.1 Å². The molecule has 0 fully saturated rings. The van der Waals surface area contributed by atoms with Crippen molar-refractivity contribution in [3.8, 4) is 28.5 Å². The first-order chi connectivity index (χ1) is 16.3. The smallest absolute Gasteiger partial charge is 0.255 e. The van der Waals surface area contributed by atoms with Crippen molar-refractivity contribution < 1.29 is 4.79 Å². The van der Waals surface area contributed by atoms with Gasteiger partial charge in [0.05, 0.1) is 22.9 Å². The maximum Gasteiger partial charge on any atom is 0.255 e. The van der Waals surface area contributed by atoms with Crippen LogP contribution in [0.2, 0.25) is 0 Å². The van der Waals surface area contributed by atoms with Crippen molar-refractivity contribution in [2.45, 2.75) is 26.2 Å². The normalized spacial score (nSPS) is 11.0. The standard InChI is InChI=1S/C27H24N6O/c1-17-7-8-21(33-26(34)20-9-10-30-24(12-20)27(2,3)15-28)13-22(17)18-5-4-6-19(11-18)23-14-25(29)32-16-31-23/h4-14,16H,1-3H3,(H,33,34)(H2,29,31,32). The monoisotopic (exact) mass is 448 g/mol. The van der Waals surface area contributed by atoms with Gasteiger partial charge in [0, 0.05) is 29.1 Å². The number of carbonyl (C=O) groups excluding carboxylic acids is 1. The first-order valence-electron chi connectivity index (χ1n) is 10.7. The number of amides is 1. The van der Waals surface area contributed by atoms with Crippen LogP contribution in [0.15, 0.2) is 73.2 Å². The maximum atomic E-state index is 12.9. The summed E-state index contributed by atoms with van der Waals surface area (Å²) in [5.74, 6) is 0.145. The molecule has 0 saturated heterocycles. The van der Waals surface area contributed by atoms with Crippen molar-refractivity contribution in [1.82, 2.24) is 15.0 Å². The van der Waals surface area contributed by atoms with Gasteiger partial charge in [-0.2, -0.15) is 5.26 Å². The third-order valence-corrected chi connectivity index (χ3v) is 5.59. The lowest BCUT2D eigenvalue weighted by molar-refractivity contribution is 0.102. The molecule has 0 aliphatic heterocycles. The molecule has 7 heteroatoms. The highest BCUT2D eigenvalue weighted by Gasteiger charge is 2.22. The Labute approximate surface area is 198 Å². The molecule has 4 rings (SSSR count). The summed E-state index contributed by atoms with van der Waals surface area (Å²) in [6, 6.07) is 21.0. The number of anilines is 2. The lowest BCUT2D eigenvalue weighted by Gasteiger charge is -2.15. The topological polar surface area (TPSA) is 118 Å². The van der Waals surface area contributed by atoms with E-state index < -0.39 is 5.41 Å². The fraction of sp³-hybridized carbons (Fsp3) is 0.148. The highest BCUT2D eigenvalue weighted by atomic mass is 16.1. The molecular formula is C27H24N6O. The average molecular weight is 449 g/mol. The summed E-state index contributed by atoms with van der Waals surface area (Å²) in [6.07, 6.45) is 3.00. The zero-order valence-corrected chi connectivity index (χ0v) is 19.2. The molecular weight excluding hydrogens is 424 g/mol. The molecule has 0 unspecified atom stereocenters. The fourth-order valence-corrected chi connectivity index (χ4v) is 3.56. The molecule has 0 radical (unpaired) electrons. The third kappa shape index (κ3) is 4.76. The van der Waals surface area contributed by atoms with E-state index in [9.17, 15) is 10.1 Å². The van der Waals surface area contributed by atoms with Crippen molar-refractivity contribution >= 4 is 17.4 Å². The highest BCUT2D eigenvalue weighted by Crippen LogP contribution is 2.30. The van der Waals surface area contributed by atoms with Crippen molar-refractivity contribution in [2.75, 3.05) is 11.1 Å². The zero-order valence-electron chi connectivity index (χ0n) is 19.2.